The molecule has 1 aromatic heterocycles. The van der Waals surface area contributed by atoms with Crippen molar-refractivity contribution in [1.82, 2.24) is 10.3 Å². The summed E-state index contributed by atoms with van der Waals surface area (Å²) >= 11 is 0. The van der Waals surface area contributed by atoms with Crippen molar-refractivity contribution in [3.8, 4) is 11.5 Å². The molecule has 0 radical (unpaired) electrons. The average Bonchev–Trinajstić information content (AvgIpc) is 2.88. The summed E-state index contributed by atoms with van der Waals surface area (Å²) in [5, 5.41) is 4.65. The van der Waals surface area contributed by atoms with Crippen molar-refractivity contribution in [2.24, 2.45) is 0 Å². The quantitative estimate of drug-likeness (QED) is 0.702. The molecule has 16 heavy (non-hydrogen) atoms. The molecule has 0 amide bonds. The molecule has 4 rings (SSSR count). The van der Waals surface area contributed by atoms with Crippen LogP contribution in [0.5, 0.6) is 11.5 Å². The molecular weight excluding hydrogens is 204 g/mol. The highest BCUT2D eigenvalue weighted by atomic mass is 16.7. The Morgan fingerprint density at radius 1 is 1.12 bits per heavy atom. The summed E-state index contributed by atoms with van der Waals surface area (Å²) in [6, 6.07) is 4.12. The van der Waals surface area contributed by atoms with E-state index in [1.807, 2.05) is 6.07 Å². The van der Waals surface area contributed by atoms with E-state index in [1.54, 1.807) is 0 Å². The van der Waals surface area contributed by atoms with Crippen LogP contribution in [0.2, 0.25) is 0 Å². The third-order valence-electron chi connectivity index (χ3n) is 3.34. The van der Waals surface area contributed by atoms with E-state index >= 15 is 0 Å². The highest BCUT2D eigenvalue weighted by Crippen LogP contribution is 2.38. The standard InChI is InChI=1S/C12H12N2O2/c1-2-13-5-8-7-3-11-12(16-6-15-11)4-10(7)14-9(1)8/h3-4,13-14H,1-2,5-6H2. The second-order valence-electron chi connectivity index (χ2n) is 4.26. The fourth-order valence-electron chi connectivity index (χ4n) is 2.54. The van der Waals surface area contributed by atoms with Crippen LogP contribution in [0.25, 0.3) is 10.9 Å². The molecule has 0 atom stereocenters. The van der Waals surface area contributed by atoms with Crippen LogP contribution in [0.4, 0.5) is 0 Å². The highest BCUT2D eigenvalue weighted by Gasteiger charge is 2.20. The second-order valence-corrected chi connectivity index (χ2v) is 4.26. The van der Waals surface area contributed by atoms with E-state index in [1.165, 1.54) is 16.6 Å². The zero-order chi connectivity index (χ0) is 10.5. The van der Waals surface area contributed by atoms with Gasteiger partial charge in [-0.3, -0.25) is 0 Å². The van der Waals surface area contributed by atoms with Crippen molar-refractivity contribution >= 4 is 10.9 Å². The Hall–Kier alpha value is -1.68. The summed E-state index contributed by atoms with van der Waals surface area (Å²) in [6.07, 6.45) is 1.07. The fraction of sp³-hybridized carbons (Fsp3) is 0.333. The molecule has 0 aliphatic carbocycles. The maximum absolute atomic E-state index is 5.41. The van der Waals surface area contributed by atoms with Crippen molar-refractivity contribution in [1.29, 1.82) is 0 Å². The van der Waals surface area contributed by atoms with Crippen molar-refractivity contribution < 1.29 is 9.47 Å². The molecule has 0 spiro atoms. The number of fused-ring (bicyclic) bond motifs is 4. The Kier molecular flexibility index (Phi) is 1.54. The lowest BCUT2D eigenvalue weighted by Gasteiger charge is -2.12. The molecule has 2 N–H and O–H groups in total. The first-order chi connectivity index (χ1) is 7.92. The lowest BCUT2D eigenvalue weighted by Crippen LogP contribution is -2.22. The minimum Gasteiger partial charge on any atom is -0.454 e. The number of ether oxygens (including phenoxy) is 2. The van der Waals surface area contributed by atoms with Crippen LogP contribution in [0.15, 0.2) is 12.1 Å². The summed E-state index contributed by atoms with van der Waals surface area (Å²) < 4.78 is 10.8. The third-order valence-corrected chi connectivity index (χ3v) is 3.34. The van der Waals surface area contributed by atoms with E-state index in [9.17, 15) is 0 Å². The number of H-pyrrole nitrogens is 1. The second kappa shape index (κ2) is 2.92. The molecule has 0 fully saturated rings. The Labute approximate surface area is 92.5 Å². The molecule has 0 unspecified atom stereocenters. The molecule has 82 valence electrons. The van der Waals surface area contributed by atoms with Crippen molar-refractivity contribution in [2.75, 3.05) is 13.3 Å². The van der Waals surface area contributed by atoms with Crippen LogP contribution in [0, 0.1) is 0 Å². The lowest BCUT2D eigenvalue weighted by molar-refractivity contribution is 0.174. The first kappa shape index (κ1) is 8.47. The van der Waals surface area contributed by atoms with Crippen molar-refractivity contribution in [3.63, 3.8) is 0 Å². The maximum Gasteiger partial charge on any atom is 0.231 e. The predicted octanol–water partition coefficient (Wildman–Crippen LogP) is 1.54. The van der Waals surface area contributed by atoms with Gasteiger partial charge in [0, 0.05) is 42.2 Å². The van der Waals surface area contributed by atoms with Gasteiger partial charge in [0.25, 0.3) is 0 Å². The van der Waals surface area contributed by atoms with E-state index in [-0.39, 0.29) is 0 Å². The van der Waals surface area contributed by atoms with Gasteiger partial charge >= 0.3 is 0 Å². The monoisotopic (exact) mass is 216 g/mol. The Morgan fingerprint density at radius 2 is 2.00 bits per heavy atom. The van der Waals surface area contributed by atoms with Crippen LogP contribution >= 0.6 is 0 Å². The van der Waals surface area contributed by atoms with Crippen LogP contribution in [-0.2, 0) is 13.0 Å². The minimum atomic E-state index is 0.336. The molecule has 2 aliphatic heterocycles. The zero-order valence-electron chi connectivity index (χ0n) is 8.80. The molecular formula is C12H12N2O2. The van der Waals surface area contributed by atoms with Gasteiger partial charge in [-0.05, 0) is 11.6 Å². The topological polar surface area (TPSA) is 46.3 Å². The molecule has 3 heterocycles. The van der Waals surface area contributed by atoms with Gasteiger partial charge in [-0.15, -0.1) is 0 Å². The number of hydrogen-bond donors (Lipinski definition) is 2. The van der Waals surface area contributed by atoms with E-state index in [4.69, 9.17) is 9.47 Å². The minimum absolute atomic E-state index is 0.336. The van der Waals surface area contributed by atoms with E-state index in [2.05, 4.69) is 16.4 Å². The molecule has 4 nitrogen and oxygen atoms in total. The van der Waals surface area contributed by atoms with Crippen molar-refractivity contribution in [3.05, 3.63) is 23.4 Å². The predicted molar refractivity (Wildman–Crippen MR) is 59.8 cm³/mol. The number of benzene rings is 1. The number of aromatic nitrogens is 1. The van der Waals surface area contributed by atoms with Crippen LogP contribution in [-0.4, -0.2) is 18.3 Å². The van der Waals surface area contributed by atoms with Crippen LogP contribution in [0.3, 0.4) is 0 Å². The summed E-state index contributed by atoms with van der Waals surface area (Å²) in [4.78, 5) is 3.47. The molecule has 1 aromatic carbocycles. The van der Waals surface area contributed by atoms with Gasteiger partial charge in [0.05, 0.1) is 0 Å². The molecule has 4 heteroatoms. The number of rotatable bonds is 0. The molecule has 2 aromatic rings. The van der Waals surface area contributed by atoms with Crippen molar-refractivity contribution in [2.45, 2.75) is 13.0 Å². The summed E-state index contributed by atoms with van der Waals surface area (Å²) in [5.41, 5.74) is 3.87. The van der Waals surface area contributed by atoms with E-state index < -0.39 is 0 Å². The van der Waals surface area contributed by atoms with Gasteiger partial charge in [-0.1, -0.05) is 0 Å². The van der Waals surface area contributed by atoms with Gasteiger partial charge in [0.15, 0.2) is 11.5 Å². The normalized spacial score (nSPS) is 17.8. The van der Waals surface area contributed by atoms with Crippen LogP contribution in [0.1, 0.15) is 11.3 Å². The zero-order valence-corrected chi connectivity index (χ0v) is 8.80. The number of aromatic amines is 1. The third kappa shape index (κ3) is 1.02. The number of nitrogens with one attached hydrogen (secondary N) is 2. The van der Waals surface area contributed by atoms with Crippen LogP contribution < -0.4 is 14.8 Å². The Bertz CT molecular complexity index is 574. The largest absolute Gasteiger partial charge is 0.454 e. The number of hydrogen-bond acceptors (Lipinski definition) is 3. The Balaban J connectivity index is 2.02. The van der Waals surface area contributed by atoms with Gasteiger partial charge < -0.3 is 19.8 Å². The molecule has 0 saturated carbocycles. The van der Waals surface area contributed by atoms with E-state index in [0.717, 1.165) is 36.5 Å². The first-order valence-corrected chi connectivity index (χ1v) is 5.55. The first-order valence-electron chi connectivity index (χ1n) is 5.55. The highest BCUT2D eigenvalue weighted by molar-refractivity contribution is 5.88. The summed E-state index contributed by atoms with van der Waals surface area (Å²) in [5.74, 6) is 1.71. The molecule has 0 saturated heterocycles. The van der Waals surface area contributed by atoms with E-state index in [0.29, 0.717) is 6.79 Å². The van der Waals surface area contributed by atoms with Gasteiger partial charge in [0.1, 0.15) is 0 Å². The SMILES string of the molecule is c1c2c(cc3c4c([nH]c13)CCNC4)OCO2. The lowest BCUT2D eigenvalue weighted by atomic mass is 10.1. The van der Waals surface area contributed by atoms with Gasteiger partial charge in [-0.2, -0.15) is 0 Å². The summed E-state index contributed by atoms with van der Waals surface area (Å²) in [6.45, 7) is 2.32. The molecule has 0 bridgehead atoms. The summed E-state index contributed by atoms with van der Waals surface area (Å²) in [7, 11) is 0. The maximum atomic E-state index is 5.41. The van der Waals surface area contributed by atoms with Gasteiger partial charge in [0.2, 0.25) is 6.79 Å². The molecule has 2 aliphatic rings. The fourth-order valence-corrected chi connectivity index (χ4v) is 2.54. The average molecular weight is 216 g/mol. The smallest absolute Gasteiger partial charge is 0.231 e. The Morgan fingerprint density at radius 3 is 2.94 bits per heavy atom. The van der Waals surface area contributed by atoms with Gasteiger partial charge in [-0.25, -0.2) is 0 Å².